The van der Waals surface area contributed by atoms with E-state index >= 15 is 0 Å². The van der Waals surface area contributed by atoms with Crippen molar-refractivity contribution in [3.63, 3.8) is 0 Å². The van der Waals surface area contributed by atoms with E-state index in [2.05, 4.69) is 4.98 Å². The lowest BCUT2D eigenvalue weighted by Crippen LogP contribution is -2.10. The van der Waals surface area contributed by atoms with Crippen LogP contribution in [0.5, 0.6) is 5.75 Å². The van der Waals surface area contributed by atoms with Crippen LogP contribution < -0.4 is 10.5 Å². The minimum absolute atomic E-state index is 0.00757. The van der Waals surface area contributed by atoms with Gasteiger partial charge < -0.3 is 10.5 Å². The van der Waals surface area contributed by atoms with Crippen LogP contribution in [0.4, 0.5) is 0 Å². The Morgan fingerprint density at radius 3 is 2.56 bits per heavy atom. The fourth-order valence-electron chi connectivity index (χ4n) is 1.65. The zero-order valence-corrected chi connectivity index (χ0v) is 10.5. The van der Waals surface area contributed by atoms with Crippen LogP contribution in [0.2, 0.25) is 0 Å². The monoisotopic (exact) mass is 242 g/mol. The van der Waals surface area contributed by atoms with Crippen molar-refractivity contribution in [3.05, 3.63) is 59.9 Å². The largest absolute Gasteiger partial charge is 0.487 e. The first kappa shape index (κ1) is 12.6. The first-order valence-electron chi connectivity index (χ1n) is 6.18. The van der Waals surface area contributed by atoms with Gasteiger partial charge in [-0.05, 0) is 24.1 Å². The summed E-state index contributed by atoms with van der Waals surface area (Å²) in [5, 5.41) is 0. The Kier molecular flexibility index (Phi) is 4.31. The number of hydrogen-bond donors (Lipinski definition) is 1. The summed E-state index contributed by atoms with van der Waals surface area (Å²) in [6.07, 6.45) is 2.62. The Morgan fingerprint density at radius 2 is 1.94 bits per heavy atom. The number of nitrogens with zero attached hydrogens (tertiary/aromatic N) is 1. The van der Waals surface area contributed by atoms with Crippen LogP contribution in [-0.4, -0.2) is 4.98 Å². The molecule has 2 rings (SSSR count). The fourth-order valence-corrected chi connectivity index (χ4v) is 1.65. The molecule has 1 aromatic heterocycles. The Bertz CT molecular complexity index is 468. The van der Waals surface area contributed by atoms with Crippen molar-refractivity contribution in [2.24, 2.45) is 5.73 Å². The molecule has 2 N–H and O–H groups in total. The lowest BCUT2D eigenvalue weighted by Gasteiger charge is -2.09. The summed E-state index contributed by atoms with van der Waals surface area (Å²) in [7, 11) is 0. The van der Waals surface area contributed by atoms with Crippen molar-refractivity contribution in [1.82, 2.24) is 4.98 Å². The van der Waals surface area contributed by atoms with Crippen molar-refractivity contribution in [2.75, 3.05) is 0 Å². The zero-order chi connectivity index (χ0) is 12.8. The van der Waals surface area contributed by atoms with E-state index in [1.807, 2.05) is 49.4 Å². The number of rotatable bonds is 5. The van der Waals surface area contributed by atoms with E-state index in [0.717, 1.165) is 23.4 Å². The summed E-state index contributed by atoms with van der Waals surface area (Å²) in [5.74, 6) is 0.769. The number of ether oxygens (including phenoxy) is 1. The number of pyridine rings is 1. The minimum Gasteiger partial charge on any atom is -0.487 e. The average molecular weight is 242 g/mol. The lowest BCUT2D eigenvalue weighted by molar-refractivity contribution is 0.304. The minimum atomic E-state index is 0.00757. The van der Waals surface area contributed by atoms with Crippen LogP contribution in [0.1, 0.15) is 30.6 Å². The molecule has 3 heteroatoms. The Balaban J connectivity index is 1.94. The molecule has 0 fully saturated rings. The van der Waals surface area contributed by atoms with Gasteiger partial charge in [-0.1, -0.05) is 37.3 Å². The highest BCUT2D eigenvalue weighted by molar-refractivity contribution is 5.22. The first-order chi connectivity index (χ1) is 8.79. The Labute approximate surface area is 108 Å². The van der Waals surface area contributed by atoms with Gasteiger partial charge in [-0.2, -0.15) is 0 Å². The topological polar surface area (TPSA) is 48.1 Å². The SMILES string of the molecule is CC[C@H](N)c1ccc(OCc2ccccc2)cn1. The normalized spacial score (nSPS) is 12.1. The van der Waals surface area contributed by atoms with E-state index in [4.69, 9.17) is 10.5 Å². The van der Waals surface area contributed by atoms with Gasteiger partial charge in [0.2, 0.25) is 0 Å². The van der Waals surface area contributed by atoms with Crippen molar-refractivity contribution < 1.29 is 4.74 Å². The molecule has 2 aromatic rings. The maximum atomic E-state index is 5.91. The van der Waals surface area contributed by atoms with Crippen LogP contribution in [0.3, 0.4) is 0 Å². The maximum absolute atomic E-state index is 5.91. The molecule has 1 heterocycles. The second kappa shape index (κ2) is 6.17. The van der Waals surface area contributed by atoms with Crippen molar-refractivity contribution in [3.8, 4) is 5.75 Å². The summed E-state index contributed by atoms with van der Waals surface area (Å²) in [6, 6.07) is 13.9. The standard InChI is InChI=1S/C15H18N2O/c1-2-14(16)15-9-8-13(10-17-15)18-11-12-6-4-3-5-7-12/h3-10,14H,2,11,16H2,1H3/t14-/m0/s1. The second-order valence-electron chi connectivity index (χ2n) is 4.21. The van der Waals surface area contributed by atoms with Crippen LogP contribution in [0, 0.1) is 0 Å². The summed E-state index contributed by atoms with van der Waals surface area (Å²) in [5.41, 5.74) is 7.96. The molecule has 0 saturated carbocycles. The molecule has 1 atom stereocenters. The highest BCUT2D eigenvalue weighted by Gasteiger charge is 2.04. The van der Waals surface area contributed by atoms with E-state index in [1.165, 1.54) is 0 Å². The number of nitrogens with two attached hydrogens (primary N) is 1. The predicted octanol–water partition coefficient (Wildman–Crippen LogP) is 3.07. The van der Waals surface area contributed by atoms with E-state index in [-0.39, 0.29) is 6.04 Å². The van der Waals surface area contributed by atoms with Crippen molar-refractivity contribution in [2.45, 2.75) is 26.0 Å². The number of aromatic nitrogens is 1. The number of hydrogen-bond acceptors (Lipinski definition) is 3. The van der Waals surface area contributed by atoms with Crippen LogP contribution in [0.15, 0.2) is 48.7 Å². The molecular weight excluding hydrogens is 224 g/mol. The maximum Gasteiger partial charge on any atom is 0.138 e. The van der Waals surface area contributed by atoms with Gasteiger partial charge in [-0.25, -0.2) is 0 Å². The summed E-state index contributed by atoms with van der Waals surface area (Å²) in [4.78, 5) is 4.31. The molecule has 3 nitrogen and oxygen atoms in total. The molecule has 0 aliphatic carbocycles. The summed E-state index contributed by atoms with van der Waals surface area (Å²) >= 11 is 0. The molecule has 0 aliphatic heterocycles. The lowest BCUT2D eigenvalue weighted by atomic mass is 10.1. The molecule has 0 bridgehead atoms. The van der Waals surface area contributed by atoms with Gasteiger partial charge >= 0.3 is 0 Å². The summed E-state index contributed by atoms with van der Waals surface area (Å²) in [6.45, 7) is 2.61. The van der Waals surface area contributed by atoms with Gasteiger partial charge in [0.1, 0.15) is 12.4 Å². The molecule has 0 aliphatic rings. The molecule has 0 saturated heterocycles. The first-order valence-corrected chi connectivity index (χ1v) is 6.18. The zero-order valence-electron chi connectivity index (χ0n) is 10.5. The van der Waals surface area contributed by atoms with E-state index < -0.39 is 0 Å². The van der Waals surface area contributed by atoms with Gasteiger partial charge in [0.15, 0.2) is 0 Å². The van der Waals surface area contributed by atoms with Gasteiger partial charge in [0.05, 0.1) is 11.9 Å². The molecule has 94 valence electrons. The van der Waals surface area contributed by atoms with Crippen LogP contribution in [0.25, 0.3) is 0 Å². The molecule has 0 amide bonds. The van der Waals surface area contributed by atoms with E-state index in [1.54, 1.807) is 6.20 Å². The molecule has 1 aromatic carbocycles. The fraction of sp³-hybridized carbons (Fsp3) is 0.267. The third kappa shape index (κ3) is 3.31. The smallest absolute Gasteiger partial charge is 0.138 e. The van der Waals surface area contributed by atoms with Gasteiger partial charge in [-0.3, -0.25) is 4.98 Å². The highest BCUT2D eigenvalue weighted by Crippen LogP contribution is 2.16. The van der Waals surface area contributed by atoms with Gasteiger partial charge in [-0.15, -0.1) is 0 Å². The van der Waals surface area contributed by atoms with Crippen LogP contribution in [-0.2, 0) is 6.61 Å². The quantitative estimate of drug-likeness (QED) is 0.876. The molecule has 0 unspecified atom stereocenters. The van der Waals surface area contributed by atoms with Gasteiger partial charge in [0.25, 0.3) is 0 Å². The van der Waals surface area contributed by atoms with Gasteiger partial charge in [0, 0.05) is 6.04 Å². The van der Waals surface area contributed by atoms with Crippen LogP contribution >= 0.6 is 0 Å². The van der Waals surface area contributed by atoms with Crippen molar-refractivity contribution in [1.29, 1.82) is 0 Å². The van der Waals surface area contributed by atoms with E-state index in [9.17, 15) is 0 Å². The molecule has 0 radical (unpaired) electrons. The third-order valence-electron chi connectivity index (χ3n) is 2.83. The molecule has 0 spiro atoms. The Morgan fingerprint density at radius 1 is 1.17 bits per heavy atom. The highest BCUT2D eigenvalue weighted by atomic mass is 16.5. The van der Waals surface area contributed by atoms with Crippen molar-refractivity contribution >= 4 is 0 Å². The Hall–Kier alpha value is -1.87. The third-order valence-corrected chi connectivity index (χ3v) is 2.83. The average Bonchev–Trinajstić information content (AvgIpc) is 2.46. The molecule has 18 heavy (non-hydrogen) atoms. The second-order valence-corrected chi connectivity index (χ2v) is 4.21. The number of benzene rings is 1. The predicted molar refractivity (Wildman–Crippen MR) is 72.2 cm³/mol. The van der Waals surface area contributed by atoms with E-state index in [0.29, 0.717) is 6.61 Å². The summed E-state index contributed by atoms with van der Waals surface area (Å²) < 4.78 is 5.66. The molecular formula is C15H18N2O.